The van der Waals surface area contributed by atoms with E-state index in [-0.39, 0.29) is 18.9 Å². The third-order valence-corrected chi connectivity index (χ3v) is 1.22. The van der Waals surface area contributed by atoms with Crippen molar-refractivity contribution in [1.29, 1.82) is 0 Å². The maximum atomic E-state index is 2.27. The summed E-state index contributed by atoms with van der Waals surface area (Å²) in [6.45, 7) is 8.93. The first-order valence-corrected chi connectivity index (χ1v) is 3.42. The van der Waals surface area contributed by atoms with E-state index in [1.165, 1.54) is 12.8 Å². The Morgan fingerprint density at radius 3 is 1.78 bits per heavy atom. The van der Waals surface area contributed by atoms with Crippen LogP contribution in [0.5, 0.6) is 0 Å². The van der Waals surface area contributed by atoms with Crippen LogP contribution in [0.25, 0.3) is 0 Å². The van der Waals surface area contributed by atoms with E-state index in [0.29, 0.717) is 0 Å². The third-order valence-electron chi connectivity index (χ3n) is 1.22. The van der Waals surface area contributed by atoms with E-state index < -0.39 is 0 Å². The molecular weight excluding hydrogens is 103 g/mol. The minimum Gasteiger partial charge on any atom is -0.320 e. The van der Waals surface area contributed by atoms with Gasteiger partial charge in [0.15, 0.2) is 0 Å². The molecule has 0 amide bonds. The molecule has 0 rings (SSSR count). The Bertz CT molecular complexity index is 40.5. The smallest absolute Gasteiger partial charge is 0.320 e. The van der Waals surface area contributed by atoms with Gasteiger partial charge in [-0.05, 0) is 5.92 Å². The zero-order valence-corrected chi connectivity index (χ0v) is 7.49. The second-order valence-electron chi connectivity index (χ2n) is 3.14. The molecule has 0 radical (unpaired) electrons. The van der Waals surface area contributed by atoms with Crippen LogP contribution in [0.1, 0.15) is 40.5 Å². The van der Waals surface area contributed by atoms with Gasteiger partial charge < -0.3 is 5.92 Å². The molecule has 0 bridgehead atoms. The van der Waals surface area contributed by atoms with Crippen LogP contribution in [0.3, 0.4) is 0 Å². The Morgan fingerprint density at radius 2 is 1.67 bits per heavy atom. The molecule has 0 aromatic heterocycles. The molecule has 0 aromatic carbocycles. The van der Waals surface area contributed by atoms with Crippen molar-refractivity contribution in [3.05, 3.63) is 5.92 Å². The average Bonchev–Trinajstić information content (AvgIpc) is 1.61. The van der Waals surface area contributed by atoms with Crippen LogP contribution in [0.2, 0.25) is 0 Å². The van der Waals surface area contributed by atoms with E-state index in [9.17, 15) is 0 Å². The van der Waals surface area contributed by atoms with Gasteiger partial charge in [0.05, 0.1) is 0 Å². The largest absolute Gasteiger partial charge is 1.00 e. The summed E-state index contributed by atoms with van der Waals surface area (Å²) in [5.41, 5.74) is 0. The van der Waals surface area contributed by atoms with Crippen molar-refractivity contribution < 1.29 is 18.9 Å². The van der Waals surface area contributed by atoms with Gasteiger partial charge in [-0.25, -0.2) is 0 Å². The van der Waals surface area contributed by atoms with Crippen molar-refractivity contribution >= 4 is 0 Å². The molecule has 0 aromatic rings. The second kappa shape index (κ2) is 6.71. The first-order valence-electron chi connectivity index (χ1n) is 3.42. The number of hydrogen-bond acceptors (Lipinski definition) is 0. The predicted molar refractivity (Wildman–Crippen MR) is 38.7 cm³/mol. The quantitative estimate of drug-likeness (QED) is 0.364. The molecule has 0 unspecified atom stereocenters. The fourth-order valence-corrected chi connectivity index (χ4v) is 0.577. The molecule has 9 heavy (non-hydrogen) atoms. The van der Waals surface area contributed by atoms with E-state index in [4.69, 9.17) is 0 Å². The normalized spacial score (nSPS) is 10.0. The van der Waals surface area contributed by atoms with Gasteiger partial charge in [0.2, 0.25) is 0 Å². The molecule has 0 spiro atoms. The summed E-state index contributed by atoms with van der Waals surface area (Å²) in [5.74, 6) is 2.42. The molecule has 0 heterocycles. The van der Waals surface area contributed by atoms with E-state index in [2.05, 4.69) is 27.7 Å². The van der Waals surface area contributed by atoms with Gasteiger partial charge in [0.25, 0.3) is 0 Å². The minimum absolute atomic E-state index is 0. The van der Waals surface area contributed by atoms with Crippen molar-refractivity contribution in [2.75, 3.05) is 0 Å². The minimum atomic E-state index is 0. The van der Waals surface area contributed by atoms with Crippen molar-refractivity contribution in [2.24, 2.45) is 5.92 Å². The summed E-state index contributed by atoms with van der Waals surface area (Å²) in [5, 5.41) is 0. The van der Waals surface area contributed by atoms with Crippen LogP contribution >= 0.6 is 0 Å². The molecule has 0 aliphatic heterocycles. The fourth-order valence-electron chi connectivity index (χ4n) is 0.577. The van der Waals surface area contributed by atoms with Gasteiger partial charge in [-0.1, -0.05) is 20.3 Å². The molecule has 50 valence electrons. The van der Waals surface area contributed by atoms with Crippen molar-refractivity contribution in [3.63, 3.8) is 0 Å². The van der Waals surface area contributed by atoms with Gasteiger partial charge in [-0.3, -0.25) is 0 Å². The van der Waals surface area contributed by atoms with Crippen LogP contribution in [-0.4, -0.2) is 0 Å². The molecular formula is C8H17Li. The van der Waals surface area contributed by atoms with Gasteiger partial charge in [-0.15, -0.1) is 0 Å². The summed E-state index contributed by atoms with van der Waals surface area (Å²) in [6, 6.07) is 0. The molecule has 0 N–H and O–H groups in total. The summed E-state index contributed by atoms with van der Waals surface area (Å²) in [6.07, 6.45) is 2.65. The molecule has 0 aliphatic carbocycles. The molecule has 0 fully saturated rings. The fraction of sp³-hybridized carbons (Fsp3) is 0.875. The average molecular weight is 120 g/mol. The van der Waals surface area contributed by atoms with E-state index in [1.54, 1.807) is 5.92 Å². The monoisotopic (exact) mass is 120 g/mol. The van der Waals surface area contributed by atoms with Crippen LogP contribution in [-0.2, 0) is 0 Å². The van der Waals surface area contributed by atoms with E-state index >= 15 is 0 Å². The molecule has 0 saturated carbocycles. The Morgan fingerprint density at radius 1 is 1.22 bits per heavy atom. The summed E-state index contributed by atoms with van der Waals surface area (Å²) in [7, 11) is 0. The van der Waals surface area contributed by atoms with Gasteiger partial charge in [0.1, 0.15) is 0 Å². The number of rotatable bonds is 3. The Kier molecular flexibility index (Phi) is 9.17. The second-order valence-corrected chi connectivity index (χ2v) is 3.14. The van der Waals surface area contributed by atoms with E-state index in [1.807, 2.05) is 0 Å². The third kappa shape index (κ3) is 11.9. The van der Waals surface area contributed by atoms with Crippen LogP contribution in [0.15, 0.2) is 0 Å². The van der Waals surface area contributed by atoms with Crippen molar-refractivity contribution in [1.82, 2.24) is 0 Å². The Balaban J connectivity index is 0. The molecule has 1 heteroatoms. The molecule has 0 nitrogen and oxygen atoms in total. The molecule has 0 aliphatic rings. The van der Waals surface area contributed by atoms with E-state index in [0.717, 1.165) is 5.92 Å². The van der Waals surface area contributed by atoms with Gasteiger partial charge >= 0.3 is 18.9 Å². The summed E-state index contributed by atoms with van der Waals surface area (Å²) < 4.78 is 0. The predicted octanol–water partition coefficient (Wildman–Crippen LogP) is 0.0409. The van der Waals surface area contributed by atoms with Gasteiger partial charge in [-0.2, -0.15) is 20.3 Å². The first kappa shape index (κ1) is 12.3. The van der Waals surface area contributed by atoms with Crippen LogP contribution in [0.4, 0.5) is 0 Å². The topological polar surface area (TPSA) is 0 Å². The van der Waals surface area contributed by atoms with Crippen molar-refractivity contribution in [2.45, 2.75) is 40.5 Å². The Hall–Kier alpha value is 0.597. The molecule has 0 saturated heterocycles. The number of hydrogen-bond donors (Lipinski definition) is 0. The van der Waals surface area contributed by atoms with Crippen LogP contribution < -0.4 is 18.9 Å². The zero-order chi connectivity index (χ0) is 6.57. The first-order chi connectivity index (χ1) is 3.63. The Labute approximate surface area is 71.6 Å². The summed E-state index contributed by atoms with van der Waals surface area (Å²) >= 11 is 0. The zero-order valence-electron chi connectivity index (χ0n) is 7.49. The maximum Gasteiger partial charge on any atom is 1.00 e. The molecule has 0 atom stereocenters. The van der Waals surface area contributed by atoms with Gasteiger partial charge in [0, 0.05) is 0 Å². The SMILES string of the molecule is C[C-](C)CCC(C)C.[Li+]. The maximum absolute atomic E-state index is 2.27. The van der Waals surface area contributed by atoms with Crippen LogP contribution in [0, 0.1) is 11.8 Å². The van der Waals surface area contributed by atoms with Crippen molar-refractivity contribution in [3.8, 4) is 0 Å². The summed E-state index contributed by atoms with van der Waals surface area (Å²) in [4.78, 5) is 0. The standard InChI is InChI=1S/C8H17.Li/c1-7(2)5-6-8(3)4;/h7H,5-6H2,1-4H3;/q-1;+1.